The van der Waals surface area contributed by atoms with E-state index in [1.165, 1.54) is 18.6 Å². The number of carbonyl (C=O) groups excluding carboxylic acids is 1. The van der Waals surface area contributed by atoms with E-state index in [0.29, 0.717) is 5.92 Å². The lowest BCUT2D eigenvalue weighted by molar-refractivity contribution is -0.140. The summed E-state index contributed by atoms with van der Waals surface area (Å²) in [5.41, 5.74) is 1.80. The Bertz CT molecular complexity index is 586. The normalized spacial score (nSPS) is 12.4. The van der Waals surface area contributed by atoms with Crippen molar-refractivity contribution < 1.29 is 9.53 Å². The van der Waals surface area contributed by atoms with Gasteiger partial charge in [-0.15, -0.1) is 0 Å². The molecule has 0 aliphatic heterocycles. The highest BCUT2D eigenvalue weighted by molar-refractivity contribution is 5.98. The summed E-state index contributed by atoms with van der Waals surface area (Å²) in [6, 6.07) is 11.2. The van der Waals surface area contributed by atoms with Crippen LogP contribution in [0.4, 0.5) is 0 Å². The van der Waals surface area contributed by atoms with Crippen LogP contribution in [0.5, 0.6) is 0 Å². The maximum absolute atomic E-state index is 11.7. The largest absolute Gasteiger partial charge is 0.443 e. The lowest BCUT2D eigenvalue weighted by Crippen LogP contribution is -2.14. The zero-order chi connectivity index (χ0) is 15.1. The monoisotopic (exact) mass is 268 g/mol. The van der Waals surface area contributed by atoms with Crippen molar-refractivity contribution in [1.82, 2.24) is 0 Å². The van der Waals surface area contributed by atoms with Gasteiger partial charge >= 0.3 is 5.97 Å². The average molecular weight is 268 g/mol. The molecule has 1 atom stereocenters. The van der Waals surface area contributed by atoms with Crippen LogP contribution in [-0.4, -0.2) is 12.1 Å². The second kappa shape index (κ2) is 7.11. The fourth-order valence-electron chi connectivity index (χ4n) is 1.53. The third-order valence-electron chi connectivity index (χ3n) is 2.72. The van der Waals surface area contributed by atoms with Crippen molar-refractivity contribution in [3.05, 3.63) is 41.0 Å². The number of hydrogen-bond acceptors (Lipinski definition) is 4. The Morgan fingerprint density at radius 1 is 1.20 bits per heavy atom. The average Bonchev–Trinajstić information content (AvgIpc) is 2.44. The number of nitrogens with zero attached hydrogens (tertiary/aromatic N) is 2. The van der Waals surface area contributed by atoms with Crippen molar-refractivity contribution in [2.24, 2.45) is 0 Å². The summed E-state index contributed by atoms with van der Waals surface area (Å²) in [6.45, 7) is 5.63. The molecule has 1 aromatic carbocycles. The van der Waals surface area contributed by atoms with Gasteiger partial charge < -0.3 is 4.74 Å². The molecule has 0 bridgehead atoms. The van der Waals surface area contributed by atoms with Crippen LogP contribution in [0.2, 0.25) is 0 Å². The molecule has 102 valence electrons. The lowest BCUT2D eigenvalue weighted by Gasteiger charge is -2.06. The number of rotatable bonds is 4. The van der Waals surface area contributed by atoms with Gasteiger partial charge in [0.1, 0.15) is 17.7 Å². The molecule has 0 aliphatic rings. The molecule has 0 spiro atoms. The Hall–Kier alpha value is -2.59. The van der Waals surface area contributed by atoms with Crippen molar-refractivity contribution in [2.45, 2.75) is 32.8 Å². The maximum atomic E-state index is 11.7. The second-order valence-electron chi connectivity index (χ2n) is 4.67. The van der Waals surface area contributed by atoms with E-state index in [4.69, 9.17) is 15.3 Å². The smallest absolute Gasteiger partial charge is 0.350 e. The predicted molar refractivity (Wildman–Crippen MR) is 75.3 cm³/mol. The molecule has 0 saturated heterocycles. The van der Waals surface area contributed by atoms with Crippen molar-refractivity contribution >= 4 is 12.0 Å². The molecule has 20 heavy (non-hydrogen) atoms. The minimum atomic E-state index is -0.873. The van der Waals surface area contributed by atoms with E-state index < -0.39 is 12.1 Å². The van der Waals surface area contributed by atoms with Crippen molar-refractivity contribution in [3.8, 4) is 12.1 Å². The zero-order valence-corrected chi connectivity index (χ0v) is 11.8. The molecule has 4 nitrogen and oxygen atoms in total. The minimum absolute atomic E-state index is 0.121. The standard InChI is InChI=1S/C16H16N2O2/c1-11(2)14-6-4-13(5-7-14)8-15(10-18)16(19)20-12(3)9-17/h4-8,11-12H,1-3H3/b15-8+/t12-/m0/s1. The van der Waals surface area contributed by atoms with Gasteiger partial charge in [-0.2, -0.15) is 10.5 Å². The van der Waals surface area contributed by atoms with Crippen molar-refractivity contribution in [1.29, 1.82) is 10.5 Å². The zero-order valence-electron chi connectivity index (χ0n) is 11.8. The van der Waals surface area contributed by atoms with Gasteiger partial charge in [0.2, 0.25) is 0 Å². The fraction of sp³-hybridized carbons (Fsp3) is 0.312. The maximum Gasteiger partial charge on any atom is 0.350 e. The fourth-order valence-corrected chi connectivity index (χ4v) is 1.53. The molecular weight excluding hydrogens is 252 g/mol. The Morgan fingerprint density at radius 2 is 1.80 bits per heavy atom. The summed E-state index contributed by atoms with van der Waals surface area (Å²) in [6.07, 6.45) is 0.582. The molecule has 0 unspecified atom stereocenters. The molecule has 0 N–H and O–H groups in total. The van der Waals surface area contributed by atoms with Crippen LogP contribution in [0.25, 0.3) is 6.08 Å². The Balaban J connectivity index is 2.92. The molecular formula is C16H16N2O2. The summed E-state index contributed by atoms with van der Waals surface area (Å²) < 4.78 is 4.80. The highest BCUT2D eigenvalue weighted by Crippen LogP contribution is 2.16. The molecule has 0 fully saturated rings. The van der Waals surface area contributed by atoms with E-state index in [1.54, 1.807) is 12.1 Å². The second-order valence-corrected chi connectivity index (χ2v) is 4.67. The van der Waals surface area contributed by atoms with Crippen LogP contribution in [0, 0.1) is 22.7 Å². The van der Waals surface area contributed by atoms with Gasteiger partial charge in [-0.25, -0.2) is 4.79 Å². The van der Waals surface area contributed by atoms with Crippen LogP contribution in [0.1, 0.15) is 37.8 Å². The first-order valence-corrected chi connectivity index (χ1v) is 6.30. The van der Waals surface area contributed by atoms with E-state index >= 15 is 0 Å². The number of ether oxygens (including phenoxy) is 1. The third kappa shape index (κ3) is 4.26. The van der Waals surface area contributed by atoms with Gasteiger partial charge in [-0.3, -0.25) is 0 Å². The molecule has 1 rings (SSSR count). The number of hydrogen-bond donors (Lipinski definition) is 0. The Morgan fingerprint density at radius 3 is 2.25 bits per heavy atom. The van der Waals surface area contributed by atoms with E-state index in [2.05, 4.69) is 13.8 Å². The first-order valence-electron chi connectivity index (χ1n) is 6.30. The lowest BCUT2D eigenvalue weighted by atomic mass is 10.0. The highest BCUT2D eigenvalue weighted by atomic mass is 16.5. The molecule has 1 aromatic rings. The predicted octanol–water partition coefficient (Wildman–Crippen LogP) is 3.17. The van der Waals surface area contributed by atoms with Gasteiger partial charge in [0.15, 0.2) is 6.10 Å². The summed E-state index contributed by atoms with van der Waals surface area (Å²) in [4.78, 5) is 11.7. The first kappa shape index (κ1) is 15.5. The Kier molecular flexibility index (Phi) is 5.50. The quantitative estimate of drug-likeness (QED) is 0.477. The summed E-state index contributed by atoms with van der Waals surface area (Å²) in [7, 11) is 0. The van der Waals surface area contributed by atoms with Gasteiger partial charge in [0.05, 0.1) is 0 Å². The van der Waals surface area contributed by atoms with Gasteiger partial charge in [0.25, 0.3) is 0 Å². The van der Waals surface area contributed by atoms with Crippen LogP contribution in [0.15, 0.2) is 29.8 Å². The number of nitriles is 2. The van der Waals surface area contributed by atoms with Gasteiger partial charge in [-0.05, 0) is 30.0 Å². The van der Waals surface area contributed by atoms with Crippen LogP contribution < -0.4 is 0 Å². The molecule has 0 heterocycles. The summed E-state index contributed by atoms with van der Waals surface area (Å²) >= 11 is 0. The molecule has 0 aliphatic carbocycles. The summed E-state index contributed by atoms with van der Waals surface area (Å²) in [5.74, 6) is -0.362. The van der Waals surface area contributed by atoms with Gasteiger partial charge in [0, 0.05) is 0 Å². The van der Waals surface area contributed by atoms with Crippen molar-refractivity contribution in [2.75, 3.05) is 0 Å². The van der Waals surface area contributed by atoms with Gasteiger partial charge in [-0.1, -0.05) is 38.1 Å². The van der Waals surface area contributed by atoms with Crippen LogP contribution in [-0.2, 0) is 9.53 Å². The van der Waals surface area contributed by atoms with Crippen LogP contribution in [0.3, 0.4) is 0 Å². The van der Waals surface area contributed by atoms with E-state index in [9.17, 15) is 4.79 Å². The highest BCUT2D eigenvalue weighted by Gasteiger charge is 2.14. The minimum Gasteiger partial charge on any atom is -0.443 e. The topological polar surface area (TPSA) is 73.9 Å². The molecule has 0 amide bonds. The van der Waals surface area contributed by atoms with E-state index in [0.717, 1.165) is 5.56 Å². The molecule has 0 radical (unpaired) electrons. The molecule has 0 saturated carbocycles. The number of benzene rings is 1. The molecule has 4 heteroatoms. The van der Waals surface area contributed by atoms with Crippen LogP contribution >= 0.6 is 0 Å². The number of esters is 1. The Labute approximate surface area is 118 Å². The van der Waals surface area contributed by atoms with Crippen molar-refractivity contribution in [3.63, 3.8) is 0 Å². The number of carbonyl (C=O) groups is 1. The van der Waals surface area contributed by atoms with E-state index in [1.807, 2.05) is 24.3 Å². The molecule has 0 aromatic heterocycles. The first-order chi connectivity index (χ1) is 9.47. The SMILES string of the molecule is CC(C)c1ccc(/C=C(\C#N)C(=O)O[C@@H](C)C#N)cc1. The third-order valence-corrected chi connectivity index (χ3v) is 2.72. The van der Waals surface area contributed by atoms with E-state index in [-0.39, 0.29) is 5.57 Å². The summed E-state index contributed by atoms with van der Waals surface area (Å²) in [5, 5.41) is 17.6.